The van der Waals surface area contributed by atoms with Crippen molar-refractivity contribution in [2.75, 3.05) is 18.9 Å². The summed E-state index contributed by atoms with van der Waals surface area (Å²) in [5, 5.41) is 2.94. The van der Waals surface area contributed by atoms with Crippen LogP contribution in [0.5, 0.6) is 11.5 Å². The van der Waals surface area contributed by atoms with E-state index in [1.165, 1.54) is 0 Å². The molecule has 1 heterocycles. The summed E-state index contributed by atoms with van der Waals surface area (Å²) in [4.78, 5) is 13.4. The van der Waals surface area contributed by atoms with Gasteiger partial charge in [-0.3, -0.25) is 4.79 Å². The molecule has 0 aliphatic heterocycles. The van der Waals surface area contributed by atoms with Gasteiger partial charge in [-0.15, -0.1) is 0 Å². The molecule has 0 saturated heterocycles. The summed E-state index contributed by atoms with van der Waals surface area (Å²) < 4.78 is 11.4. The number of furan rings is 1. The van der Waals surface area contributed by atoms with Crippen LogP contribution in [0.4, 0.5) is 5.69 Å². The van der Waals surface area contributed by atoms with Gasteiger partial charge in [-0.05, 0) is 43.3 Å². The summed E-state index contributed by atoms with van der Waals surface area (Å²) in [5.41, 5.74) is 0.656. The van der Waals surface area contributed by atoms with E-state index in [-0.39, 0.29) is 5.91 Å². The predicted molar refractivity (Wildman–Crippen MR) is 100 cm³/mol. The zero-order valence-electron chi connectivity index (χ0n) is 15.0. The van der Waals surface area contributed by atoms with Gasteiger partial charge in [0, 0.05) is 0 Å². The van der Waals surface area contributed by atoms with Crippen LogP contribution in [0.3, 0.4) is 0 Å². The standard InChI is InChI=1S/C21H22N2O3/c1-16-12-13-18(25-16)14-23(2)15-21(24)22-19-10-6-7-11-20(19)26-17-8-4-3-5-9-17/h3-13H,14-15H2,1-2H3,(H,22,24)/p+1. The molecule has 0 aliphatic rings. The molecular formula is C21H23N2O3+. The average molecular weight is 351 g/mol. The fraction of sp³-hybridized carbons (Fsp3) is 0.190. The smallest absolute Gasteiger partial charge is 0.279 e. The molecule has 2 aromatic carbocycles. The Morgan fingerprint density at radius 3 is 2.50 bits per heavy atom. The summed E-state index contributed by atoms with van der Waals surface area (Å²) in [6.45, 7) is 2.90. The van der Waals surface area contributed by atoms with Crippen LogP contribution in [0.15, 0.2) is 71.1 Å². The predicted octanol–water partition coefficient (Wildman–Crippen LogP) is 3.03. The van der Waals surface area contributed by atoms with Crippen LogP contribution >= 0.6 is 0 Å². The van der Waals surface area contributed by atoms with Gasteiger partial charge in [0.25, 0.3) is 5.91 Å². The summed E-state index contributed by atoms with van der Waals surface area (Å²) in [6, 6.07) is 20.8. The lowest BCUT2D eigenvalue weighted by Crippen LogP contribution is -3.08. The van der Waals surface area contributed by atoms with Crippen LogP contribution in [0.25, 0.3) is 0 Å². The Bertz CT molecular complexity index is 858. The number of carbonyl (C=O) groups excluding carboxylic acids is 1. The van der Waals surface area contributed by atoms with E-state index in [9.17, 15) is 4.79 Å². The van der Waals surface area contributed by atoms with Gasteiger partial charge in [0.2, 0.25) is 0 Å². The second kappa shape index (κ2) is 8.36. The normalized spacial score (nSPS) is 11.8. The Labute approximate surface area is 153 Å². The van der Waals surface area contributed by atoms with Crippen molar-refractivity contribution in [3.05, 3.63) is 78.3 Å². The molecule has 0 aliphatic carbocycles. The third kappa shape index (κ3) is 4.97. The van der Waals surface area contributed by atoms with E-state index in [2.05, 4.69) is 5.32 Å². The van der Waals surface area contributed by atoms with Gasteiger partial charge in [0.1, 0.15) is 18.1 Å². The van der Waals surface area contributed by atoms with E-state index < -0.39 is 0 Å². The summed E-state index contributed by atoms with van der Waals surface area (Å²) in [5.74, 6) is 3.02. The third-order valence-corrected chi connectivity index (χ3v) is 3.87. The van der Waals surface area contributed by atoms with E-state index in [4.69, 9.17) is 9.15 Å². The number of anilines is 1. The van der Waals surface area contributed by atoms with Crippen molar-refractivity contribution in [2.45, 2.75) is 13.5 Å². The lowest BCUT2D eigenvalue weighted by molar-refractivity contribution is -0.886. The molecule has 0 spiro atoms. The molecule has 1 unspecified atom stereocenters. The Morgan fingerprint density at radius 1 is 1.04 bits per heavy atom. The highest BCUT2D eigenvalue weighted by Gasteiger charge is 2.14. The first-order valence-corrected chi connectivity index (χ1v) is 8.58. The molecule has 0 saturated carbocycles. The second-order valence-corrected chi connectivity index (χ2v) is 6.28. The topological polar surface area (TPSA) is 55.9 Å². The Morgan fingerprint density at radius 2 is 1.77 bits per heavy atom. The van der Waals surface area contributed by atoms with Crippen LogP contribution in [-0.4, -0.2) is 19.5 Å². The van der Waals surface area contributed by atoms with Crippen molar-refractivity contribution >= 4 is 11.6 Å². The van der Waals surface area contributed by atoms with E-state index in [1.807, 2.05) is 80.7 Å². The minimum Gasteiger partial charge on any atom is -0.460 e. The van der Waals surface area contributed by atoms with E-state index >= 15 is 0 Å². The molecule has 5 nitrogen and oxygen atoms in total. The molecule has 0 bridgehead atoms. The van der Waals surface area contributed by atoms with Gasteiger partial charge in [-0.25, -0.2) is 0 Å². The lowest BCUT2D eigenvalue weighted by Gasteiger charge is -2.14. The maximum absolute atomic E-state index is 12.4. The number of quaternary nitrogens is 1. The molecule has 5 heteroatoms. The van der Waals surface area contributed by atoms with Gasteiger partial charge in [0.05, 0.1) is 12.7 Å². The third-order valence-electron chi connectivity index (χ3n) is 3.87. The maximum Gasteiger partial charge on any atom is 0.279 e. The van der Waals surface area contributed by atoms with E-state index in [0.29, 0.717) is 24.5 Å². The van der Waals surface area contributed by atoms with Gasteiger partial charge in [-0.1, -0.05) is 30.3 Å². The first-order valence-electron chi connectivity index (χ1n) is 8.58. The van der Waals surface area contributed by atoms with Crippen molar-refractivity contribution < 1.29 is 18.8 Å². The number of carbonyl (C=O) groups is 1. The Hall–Kier alpha value is -3.05. The van der Waals surface area contributed by atoms with Crippen LogP contribution in [-0.2, 0) is 11.3 Å². The Kier molecular flexibility index (Phi) is 5.71. The van der Waals surface area contributed by atoms with E-state index in [0.717, 1.165) is 22.2 Å². The van der Waals surface area contributed by atoms with Crippen molar-refractivity contribution in [1.82, 2.24) is 0 Å². The molecule has 2 N–H and O–H groups in total. The monoisotopic (exact) mass is 351 g/mol. The first-order chi connectivity index (χ1) is 12.6. The number of ether oxygens (including phenoxy) is 1. The molecule has 134 valence electrons. The van der Waals surface area contributed by atoms with Crippen molar-refractivity contribution in [1.29, 1.82) is 0 Å². The summed E-state index contributed by atoms with van der Waals surface area (Å²) in [6.07, 6.45) is 0. The second-order valence-electron chi connectivity index (χ2n) is 6.28. The fourth-order valence-corrected chi connectivity index (χ4v) is 2.68. The van der Waals surface area contributed by atoms with Crippen LogP contribution < -0.4 is 15.0 Å². The minimum atomic E-state index is -0.0742. The number of hydrogen-bond donors (Lipinski definition) is 2. The molecule has 1 atom stereocenters. The fourth-order valence-electron chi connectivity index (χ4n) is 2.68. The largest absolute Gasteiger partial charge is 0.460 e. The molecule has 0 fully saturated rings. The van der Waals surface area contributed by atoms with E-state index in [1.54, 1.807) is 0 Å². The van der Waals surface area contributed by atoms with Crippen LogP contribution in [0, 0.1) is 6.92 Å². The number of hydrogen-bond acceptors (Lipinski definition) is 3. The van der Waals surface area contributed by atoms with Crippen LogP contribution in [0.1, 0.15) is 11.5 Å². The molecule has 1 aromatic heterocycles. The minimum absolute atomic E-state index is 0.0742. The maximum atomic E-state index is 12.4. The summed E-state index contributed by atoms with van der Waals surface area (Å²) >= 11 is 0. The molecule has 26 heavy (non-hydrogen) atoms. The van der Waals surface area contributed by atoms with Gasteiger partial charge < -0.3 is 19.4 Å². The van der Waals surface area contributed by atoms with Crippen LogP contribution in [0.2, 0.25) is 0 Å². The number of aryl methyl sites for hydroxylation is 1. The van der Waals surface area contributed by atoms with Gasteiger partial charge in [-0.2, -0.15) is 0 Å². The van der Waals surface area contributed by atoms with Crippen molar-refractivity contribution in [3.8, 4) is 11.5 Å². The molecular weight excluding hydrogens is 328 g/mol. The Balaban J connectivity index is 1.60. The highest BCUT2D eigenvalue weighted by Crippen LogP contribution is 2.28. The quantitative estimate of drug-likeness (QED) is 0.688. The number of likely N-dealkylation sites (N-methyl/N-ethyl adjacent to an activating group) is 1. The summed E-state index contributed by atoms with van der Waals surface area (Å²) in [7, 11) is 1.96. The molecule has 0 radical (unpaired) electrons. The SMILES string of the molecule is Cc1ccc(C[NH+](C)CC(=O)Nc2ccccc2Oc2ccccc2)o1. The average Bonchev–Trinajstić information content (AvgIpc) is 3.02. The first kappa shape index (κ1) is 17.8. The molecule has 3 aromatic rings. The number of nitrogens with one attached hydrogen (secondary N) is 2. The van der Waals surface area contributed by atoms with Gasteiger partial charge >= 0.3 is 0 Å². The zero-order valence-corrected chi connectivity index (χ0v) is 15.0. The van der Waals surface area contributed by atoms with Crippen molar-refractivity contribution in [3.63, 3.8) is 0 Å². The lowest BCUT2D eigenvalue weighted by atomic mass is 10.2. The zero-order chi connectivity index (χ0) is 18.4. The molecule has 3 rings (SSSR count). The number of amides is 1. The highest BCUT2D eigenvalue weighted by molar-refractivity contribution is 5.93. The molecule has 1 amide bonds. The number of rotatable bonds is 7. The van der Waals surface area contributed by atoms with Crippen molar-refractivity contribution in [2.24, 2.45) is 0 Å². The highest BCUT2D eigenvalue weighted by atomic mass is 16.5. The van der Waals surface area contributed by atoms with Gasteiger partial charge in [0.15, 0.2) is 18.1 Å². The number of para-hydroxylation sites is 3. The number of benzene rings is 2.